The third-order valence-corrected chi connectivity index (χ3v) is 28.2. The number of fused-ring (bicyclic) bond motifs is 24. The molecule has 4 aromatic heterocycles. The molecule has 6 nitrogen and oxygen atoms in total. The van der Waals surface area contributed by atoms with Crippen molar-refractivity contribution in [2.24, 2.45) is 0 Å². The minimum Gasteiger partial charge on any atom is -0.456 e. The van der Waals surface area contributed by atoms with Crippen molar-refractivity contribution in [2.45, 2.75) is 0 Å². The monoisotopic (exact) mass is 1760 g/mol. The lowest BCUT2D eigenvalue weighted by Gasteiger charge is -2.26. The van der Waals surface area contributed by atoms with Gasteiger partial charge in [0.2, 0.25) is 0 Å². The topological polar surface area (TPSA) is 59.0 Å². The molecule has 6 heteroatoms. The summed E-state index contributed by atoms with van der Waals surface area (Å²) >= 11 is 0. The zero-order chi connectivity index (χ0) is 90.8. The van der Waals surface area contributed by atoms with Gasteiger partial charge in [-0.15, -0.1) is 0 Å². The molecule has 0 aliphatic rings. The fourth-order valence-corrected chi connectivity index (χ4v) is 21.3. The lowest BCUT2D eigenvalue weighted by Crippen LogP contribution is -2.09. The zero-order valence-corrected chi connectivity index (χ0v) is 74.9. The highest BCUT2D eigenvalue weighted by atomic mass is 16.3. The smallest absolute Gasteiger partial charge is 0.143 e. The van der Waals surface area contributed by atoms with Gasteiger partial charge in [-0.3, -0.25) is 0 Å². The van der Waals surface area contributed by atoms with E-state index in [9.17, 15) is 0 Å². The van der Waals surface area contributed by atoms with Crippen LogP contribution in [0, 0.1) is 0 Å². The van der Waals surface area contributed by atoms with Gasteiger partial charge in [0.25, 0.3) is 0 Å². The maximum absolute atomic E-state index is 6.45. The van der Waals surface area contributed by atoms with Crippen molar-refractivity contribution in [3.05, 3.63) is 497 Å². The summed E-state index contributed by atoms with van der Waals surface area (Å²) in [7, 11) is 0. The predicted molar refractivity (Wildman–Crippen MR) is 580 cm³/mol. The van der Waals surface area contributed by atoms with Crippen LogP contribution >= 0.6 is 0 Å². The minimum atomic E-state index is 0.898. The van der Waals surface area contributed by atoms with Gasteiger partial charge in [0.05, 0.1) is 0 Å². The molecule has 0 bridgehead atoms. The van der Waals surface area contributed by atoms with Gasteiger partial charge >= 0.3 is 0 Å². The number of furan rings is 4. The Hall–Kier alpha value is -18.4. The summed E-state index contributed by atoms with van der Waals surface area (Å²) in [4.78, 5) is 4.67. The molecule has 0 saturated carbocycles. The average molecular weight is 1760 g/mol. The first-order chi connectivity index (χ1) is 68.3. The lowest BCUT2D eigenvalue weighted by molar-refractivity contribution is 0.668. The maximum Gasteiger partial charge on any atom is 0.143 e. The molecule has 4 heterocycles. The second-order valence-corrected chi connectivity index (χ2v) is 36.0. The summed E-state index contributed by atoms with van der Waals surface area (Å²) in [6, 6.07) is 179. The van der Waals surface area contributed by atoms with Gasteiger partial charge in [0.1, 0.15) is 44.7 Å². The predicted octanol–water partition coefficient (Wildman–Crippen LogP) is 38.2. The van der Waals surface area contributed by atoms with E-state index in [1.54, 1.807) is 0 Å². The molecule has 28 rings (SSSR count). The highest BCUT2D eigenvalue weighted by Gasteiger charge is 2.23. The fraction of sp³-hybridized carbons (Fsp3) is 0. The maximum atomic E-state index is 6.45. The summed E-state index contributed by atoms with van der Waals surface area (Å²) in [6.07, 6.45) is 0. The molecule has 0 unspecified atom stereocenters. The summed E-state index contributed by atoms with van der Waals surface area (Å²) in [5, 5.41) is 24.5. The molecule has 0 amide bonds. The number of rotatable bonds is 14. The van der Waals surface area contributed by atoms with Crippen molar-refractivity contribution in [1.29, 1.82) is 0 Å². The standard InChI is InChI=1S/2C66H41NO2/c1-2-12-55-53(10-1)54-11-3-4-13-56(54)61-40-47(30-38-57(55)61)44-22-20-42(21-23-44)43-24-32-49(33-25-43)67(50-34-26-45(27-35-50)48-31-39-65-62(41-48)59-15-6-7-18-63(59)68-65)51-36-28-46(29-37-51)52-16-9-17-60-58-14-5-8-19-64(58)69-66(52)60;1-2-11-55-53(9-1)54-10-3-4-12-56(54)60-39-47(27-36-57(55)60)44-19-17-42(18-20-44)43-21-30-50(31-22-43)67(51-32-23-45(24-33-51)48-28-37-65-61(40-48)58-13-5-7-15-63(58)68-65)52-34-25-46(26-35-52)49-29-38-66-62(41-49)59-14-6-8-16-64(59)69-66/h2*1-41H. The second-order valence-electron chi connectivity index (χ2n) is 36.0. The Balaban J connectivity index is 0.000000139. The molecular formula is C132H82N2O4. The van der Waals surface area contributed by atoms with Gasteiger partial charge in [-0.25, -0.2) is 0 Å². The largest absolute Gasteiger partial charge is 0.456 e. The molecule has 644 valence electrons. The summed E-state index contributed by atoms with van der Waals surface area (Å²) in [6.45, 7) is 0. The van der Waals surface area contributed by atoms with E-state index in [1.165, 1.54) is 98.0 Å². The van der Waals surface area contributed by atoms with E-state index in [2.05, 4.69) is 459 Å². The third kappa shape index (κ3) is 13.8. The number of hydrogen-bond acceptors (Lipinski definition) is 6. The van der Waals surface area contributed by atoms with E-state index in [4.69, 9.17) is 17.7 Å². The fourth-order valence-electron chi connectivity index (χ4n) is 21.3. The molecule has 0 fully saturated rings. The molecule has 0 N–H and O–H groups in total. The van der Waals surface area contributed by atoms with Gasteiger partial charge in [-0.05, 0) is 294 Å². The van der Waals surface area contributed by atoms with E-state index >= 15 is 0 Å². The molecular weight excluding hydrogens is 1680 g/mol. The molecule has 28 aromatic rings. The summed E-state index contributed by atoms with van der Waals surface area (Å²) in [5.41, 5.74) is 32.2. The van der Waals surface area contributed by atoms with E-state index in [0.717, 1.165) is 178 Å². The molecule has 0 saturated heterocycles. The Morgan fingerprint density at radius 2 is 0.290 bits per heavy atom. The van der Waals surface area contributed by atoms with Crippen LogP contribution in [0.5, 0.6) is 0 Å². The Bertz CT molecular complexity index is 9430. The first-order valence-corrected chi connectivity index (χ1v) is 47.1. The summed E-state index contributed by atoms with van der Waals surface area (Å²) in [5.74, 6) is 0. The van der Waals surface area contributed by atoms with Crippen LogP contribution < -0.4 is 9.80 Å². The Morgan fingerprint density at radius 3 is 0.572 bits per heavy atom. The van der Waals surface area contributed by atoms with Crippen molar-refractivity contribution in [3.63, 3.8) is 0 Å². The van der Waals surface area contributed by atoms with Crippen LogP contribution in [0.3, 0.4) is 0 Å². The molecule has 138 heavy (non-hydrogen) atoms. The molecule has 0 aliphatic heterocycles. The number of nitrogens with zero attached hydrogens (tertiary/aromatic N) is 2. The normalized spacial score (nSPS) is 11.8. The van der Waals surface area contributed by atoms with E-state index in [0.29, 0.717) is 0 Å². The van der Waals surface area contributed by atoms with Crippen molar-refractivity contribution in [3.8, 4) is 89.0 Å². The van der Waals surface area contributed by atoms with Crippen LogP contribution in [0.1, 0.15) is 0 Å². The molecule has 0 radical (unpaired) electrons. The summed E-state index contributed by atoms with van der Waals surface area (Å²) < 4.78 is 24.9. The molecule has 0 aliphatic carbocycles. The van der Waals surface area contributed by atoms with E-state index in [1.807, 2.05) is 48.5 Å². The number of anilines is 6. The highest BCUT2D eigenvalue weighted by Crippen LogP contribution is 2.47. The minimum absolute atomic E-state index is 0.898. The SMILES string of the molecule is c1ccc2c(c1)oc1ccc(-c3ccc(N(c4ccc(-c5ccc(-c6ccc7c8ccccc8c8ccccc8c7c6)cc5)cc4)c4ccc(-c5ccc6oc7ccccc7c6c5)cc4)cc3)cc12.c1ccc2c(c1)oc1ccc(-c3ccc(N(c4ccc(-c5ccc(-c6ccc7c8ccccc8c8ccccc8c7c6)cc5)cc4)c4ccc(-c5cccc6c5oc5ccccc56)cc4)cc3)cc12. The number of hydrogen-bond donors (Lipinski definition) is 0. The average Bonchev–Trinajstić information content (AvgIpc) is 1.23. The van der Waals surface area contributed by atoms with Gasteiger partial charge in [-0.1, -0.05) is 352 Å². The second kappa shape index (κ2) is 32.8. The highest BCUT2D eigenvalue weighted by molar-refractivity contribution is 6.27. The van der Waals surface area contributed by atoms with Crippen LogP contribution in [0.15, 0.2) is 515 Å². The molecule has 0 spiro atoms. The Labute approximate surface area is 794 Å². The van der Waals surface area contributed by atoms with Crippen LogP contribution in [0.25, 0.3) is 241 Å². The van der Waals surface area contributed by atoms with Gasteiger partial charge < -0.3 is 27.5 Å². The van der Waals surface area contributed by atoms with Crippen molar-refractivity contribution >= 4 is 187 Å². The molecule has 0 atom stereocenters. The van der Waals surface area contributed by atoms with Crippen molar-refractivity contribution < 1.29 is 17.7 Å². The third-order valence-electron chi connectivity index (χ3n) is 28.2. The van der Waals surface area contributed by atoms with Crippen molar-refractivity contribution in [2.75, 3.05) is 9.80 Å². The van der Waals surface area contributed by atoms with Crippen LogP contribution in [-0.4, -0.2) is 0 Å². The van der Waals surface area contributed by atoms with Gasteiger partial charge in [-0.2, -0.15) is 0 Å². The Kier molecular flexibility index (Phi) is 18.9. The first-order valence-electron chi connectivity index (χ1n) is 47.1. The quantitative estimate of drug-likeness (QED) is 0.101. The van der Waals surface area contributed by atoms with Gasteiger partial charge in [0, 0.05) is 82.8 Å². The van der Waals surface area contributed by atoms with Crippen LogP contribution in [-0.2, 0) is 0 Å². The Morgan fingerprint density at radius 1 is 0.109 bits per heavy atom. The van der Waals surface area contributed by atoms with Gasteiger partial charge in [0.15, 0.2) is 0 Å². The molecule has 24 aromatic carbocycles. The zero-order valence-electron chi connectivity index (χ0n) is 74.9. The van der Waals surface area contributed by atoms with E-state index < -0.39 is 0 Å². The number of para-hydroxylation sites is 5. The van der Waals surface area contributed by atoms with Crippen LogP contribution in [0.4, 0.5) is 34.1 Å². The number of benzene rings is 24. The van der Waals surface area contributed by atoms with Crippen LogP contribution in [0.2, 0.25) is 0 Å². The van der Waals surface area contributed by atoms with Crippen molar-refractivity contribution in [1.82, 2.24) is 0 Å². The van der Waals surface area contributed by atoms with E-state index in [-0.39, 0.29) is 0 Å². The first kappa shape index (κ1) is 79.4. The lowest BCUT2D eigenvalue weighted by atomic mass is 9.92.